The summed E-state index contributed by atoms with van der Waals surface area (Å²) < 4.78 is 15.3. The van der Waals surface area contributed by atoms with Gasteiger partial charge in [-0.15, -0.1) is 5.10 Å². The molecule has 38 heavy (non-hydrogen) atoms. The Morgan fingerprint density at radius 2 is 1.79 bits per heavy atom. The third-order valence-corrected chi connectivity index (χ3v) is 6.80. The summed E-state index contributed by atoms with van der Waals surface area (Å²) in [4.78, 5) is 14.0. The van der Waals surface area contributed by atoms with Crippen molar-refractivity contribution in [3.8, 4) is 23.2 Å². The fourth-order valence-electron chi connectivity index (χ4n) is 5.05. The third-order valence-electron chi connectivity index (χ3n) is 6.80. The van der Waals surface area contributed by atoms with E-state index in [1.807, 2.05) is 78.5 Å². The Kier molecular flexibility index (Phi) is 5.14. The molecule has 0 saturated heterocycles. The number of methoxy groups -OCH3 is 1. The molecule has 9 nitrogen and oxygen atoms in total. The number of para-hydroxylation sites is 1. The molecule has 2 aromatic carbocycles. The Morgan fingerprint density at radius 3 is 2.55 bits per heavy atom. The number of pyridine rings is 1. The molecule has 1 aliphatic heterocycles. The minimum absolute atomic E-state index is 0.228. The maximum Gasteiger partial charge on any atom is 0.230 e. The first-order valence-electron chi connectivity index (χ1n) is 12.3. The molecule has 1 unspecified atom stereocenters. The minimum atomic E-state index is -0.228. The normalized spacial score (nSPS) is 14.1. The number of nitrogens with zero attached hydrogens (tertiary/aromatic N) is 7. The van der Waals surface area contributed by atoms with Gasteiger partial charge in [0.25, 0.3) is 0 Å². The molecule has 186 valence electrons. The molecular weight excluding hydrogens is 478 g/mol. The second kappa shape index (κ2) is 8.81. The molecule has 1 aliphatic rings. The predicted molar refractivity (Wildman–Crippen MR) is 140 cm³/mol. The molecule has 9 heteroatoms. The van der Waals surface area contributed by atoms with Crippen molar-refractivity contribution in [3.63, 3.8) is 0 Å². The molecule has 0 bridgehead atoms. The van der Waals surface area contributed by atoms with Crippen LogP contribution in [-0.4, -0.2) is 41.5 Å². The van der Waals surface area contributed by atoms with Crippen LogP contribution in [0.25, 0.3) is 11.3 Å². The van der Waals surface area contributed by atoms with Crippen LogP contribution in [0.5, 0.6) is 17.5 Å². The maximum atomic E-state index is 6.47. The lowest BCUT2D eigenvalue weighted by atomic mass is 9.85. The molecular formula is C29H23N7O2. The van der Waals surface area contributed by atoms with Crippen molar-refractivity contribution in [3.05, 3.63) is 119 Å². The number of fused-ring (bicyclic) bond motifs is 4. The molecule has 0 fully saturated rings. The molecule has 0 amide bonds. The van der Waals surface area contributed by atoms with Crippen LogP contribution in [0.3, 0.4) is 0 Å². The van der Waals surface area contributed by atoms with Gasteiger partial charge in [0.2, 0.25) is 11.8 Å². The largest absolute Gasteiger partial charge is 0.497 e. The van der Waals surface area contributed by atoms with E-state index >= 15 is 0 Å². The first kappa shape index (κ1) is 22.2. The highest BCUT2D eigenvalue weighted by atomic mass is 16.5. The highest BCUT2D eigenvalue weighted by molar-refractivity contribution is 5.66. The molecule has 0 saturated carbocycles. The Hall–Kier alpha value is -5.05. The average molecular weight is 502 g/mol. The van der Waals surface area contributed by atoms with Crippen molar-refractivity contribution in [2.45, 2.75) is 19.3 Å². The van der Waals surface area contributed by atoms with Crippen LogP contribution in [0.1, 0.15) is 39.7 Å². The van der Waals surface area contributed by atoms with Gasteiger partial charge in [0, 0.05) is 18.8 Å². The van der Waals surface area contributed by atoms with Gasteiger partial charge in [-0.2, -0.15) is 5.10 Å². The summed E-state index contributed by atoms with van der Waals surface area (Å²) in [5.74, 6) is 2.41. The highest BCUT2D eigenvalue weighted by Crippen LogP contribution is 2.49. The van der Waals surface area contributed by atoms with E-state index in [4.69, 9.17) is 24.7 Å². The van der Waals surface area contributed by atoms with Gasteiger partial charge >= 0.3 is 0 Å². The van der Waals surface area contributed by atoms with Crippen LogP contribution < -0.4 is 9.47 Å². The van der Waals surface area contributed by atoms with Gasteiger partial charge in [0.1, 0.15) is 12.1 Å². The van der Waals surface area contributed by atoms with Gasteiger partial charge in [-0.3, -0.25) is 4.98 Å². The predicted octanol–water partition coefficient (Wildman–Crippen LogP) is 4.90. The summed E-state index contributed by atoms with van der Waals surface area (Å²) in [6.07, 6.45) is 5.88. The van der Waals surface area contributed by atoms with Crippen LogP contribution in [-0.2, 0) is 6.42 Å². The standard InChI is InChI=1S/C29H23N7O2/c1-18-24-25(20-7-6-14-30-16-20)26-27-32-23(15-19-10-12-22(37-2)13-11-19)34-35(27)17-31-28(26)38-29(24)36(33-18)21-8-4-3-5-9-21/h3-14,16-17,25H,15H2,1-2H3. The Bertz CT molecular complexity index is 1760. The molecule has 0 radical (unpaired) electrons. The van der Waals surface area contributed by atoms with E-state index in [1.54, 1.807) is 24.1 Å². The number of aryl methyl sites for hydroxylation is 1. The molecule has 0 aliphatic carbocycles. The second-order valence-electron chi connectivity index (χ2n) is 9.16. The number of hydrogen-bond acceptors (Lipinski definition) is 7. The quantitative estimate of drug-likeness (QED) is 0.331. The van der Waals surface area contributed by atoms with Crippen LogP contribution in [0.4, 0.5) is 0 Å². The smallest absolute Gasteiger partial charge is 0.230 e. The van der Waals surface area contributed by atoms with E-state index in [2.05, 4.69) is 16.0 Å². The first-order chi connectivity index (χ1) is 18.7. The van der Waals surface area contributed by atoms with Gasteiger partial charge < -0.3 is 9.47 Å². The zero-order chi connectivity index (χ0) is 25.6. The fraction of sp³-hybridized carbons (Fsp3) is 0.138. The second-order valence-corrected chi connectivity index (χ2v) is 9.16. The van der Waals surface area contributed by atoms with Gasteiger partial charge in [-0.05, 0) is 48.4 Å². The number of aromatic nitrogens is 7. The topological polar surface area (TPSA) is 92.3 Å². The van der Waals surface area contributed by atoms with Crippen molar-refractivity contribution in [1.29, 1.82) is 0 Å². The zero-order valence-corrected chi connectivity index (χ0v) is 20.8. The first-order valence-corrected chi connectivity index (χ1v) is 12.3. The molecule has 5 heterocycles. The summed E-state index contributed by atoms with van der Waals surface area (Å²) in [6.45, 7) is 2.00. The zero-order valence-electron chi connectivity index (χ0n) is 20.8. The van der Waals surface area contributed by atoms with Crippen molar-refractivity contribution in [2.75, 3.05) is 7.11 Å². The summed E-state index contributed by atoms with van der Waals surface area (Å²) in [5, 5.41) is 9.60. The molecule has 4 aromatic heterocycles. The van der Waals surface area contributed by atoms with Gasteiger partial charge in [-0.25, -0.2) is 19.2 Å². The number of ether oxygens (including phenoxy) is 2. The van der Waals surface area contributed by atoms with E-state index in [-0.39, 0.29) is 5.92 Å². The number of rotatable bonds is 5. The van der Waals surface area contributed by atoms with Gasteiger partial charge in [0.05, 0.1) is 35.5 Å². The van der Waals surface area contributed by atoms with E-state index in [0.717, 1.165) is 39.4 Å². The lowest BCUT2D eigenvalue weighted by Gasteiger charge is -2.26. The van der Waals surface area contributed by atoms with Crippen LogP contribution in [0.2, 0.25) is 0 Å². The van der Waals surface area contributed by atoms with Gasteiger partial charge in [-0.1, -0.05) is 36.4 Å². The van der Waals surface area contributed by atoms with Crippen LogP contribution in [0.15, 0.2) is 85.5 Å². The van der Waals surface area contributed by atoms with Crippen molar-refractivity contribution in [2.24, 2.45) is 0 Å². The number of benzene rings is 2. The monoisotopic (exact) mass is 501 g/mol. The van der Waals surface area contributed by atoms with Gasteiger partial charge in [0.15, 0.2) is 11.5 Å². The maximum absolute atomic E-state index is 6.47. The molecule has 0 N–H and O–H groups in total. The minimum Gasteiger partial charge on any atom is -0.497 e. The Morgan fingerprint density at radius 1 is 0.947 bits per heavy atom. The molecule has 0 spiro atoms. The summed E-state index contributed by atoms with van der Waals surface area (Å²) in [5.41, 5.74) is 6.37. The third kappa shape index (κ3) is 3.59. The highest BCUT2D eigenvalue weighted by Gasteiger charge is 2.38. The van der Waals surface area contributed by atoms with Crippen molar-refractivity contribution < 1.29 is 9.47 Å². The molecule has 1 atom stereocenters. The lowest BCUT2D eigenvalue weighted by molar-refractivity contribution is 0.402. The average Bonchev–Trinajstić information content (AvgIpc) is 3.53. The van der Waals surface area contributed by atoms with Crippen LogP contribution >= 0.6 is 0 Å². The fourth-order valence-corrected chi connectivity index (χ4v) is 5.05. The van der Waals surface area contributed by atoms with Crippen molar-refractivity contribution >= 4 is 5.65 Å². The Balaban J connectivity index is 1.39. The Labute approximate surface area is 218 Å². The van der Waals surface area contributed by atoms with E-state index in [9.17, 15) is 0 Å². The van der Waals surface area contributed by atoms with E-state index in [0.29, 0.717) is 29.7 Å². The SMILES string of the molecule is COc1ccc(Cc2nc3c4c(ncn3n2)Oc2c(c(C)nn2-c2ccccc2)C4c2cccnc2)cc1. The number of hydrogen-bond donors (Lipinski definition) is 0. The van der Waals surface area contributed by atoms with Crippen molar-refractivity contribution in [1.82, 2.24) is 34.3 Å². The van der Waals surface area contributed by atoms with E-state index < -0.39 is 0 Å². The summed E-state index contributed by atoms with van der Waals surface area (Å²) >= 11 is 0. The van der Waals surface area contributed by atoms with E-state index in [1.165, 1.54) is 0 Å². The summed E-state index contributed by atoms with van der Waals surface area (Å²) in [6, 6.07) is 21.9. The molecule has 7 rings (SSSR count). The lowest BCUT2D eigenvalue weighted by Crippen LogP contribution is -2.16. The summed E-state index contributed by atoms with van der Waals surface area (Å²) in [7, 11) is 1.66. The van der Waals surface area contributed by atoms with Crippen LogP contribution in [0, 0.1) is 6.92 Å². The molecule has 6 aromatic rings.